The fraction of sp³-hybridized carbons (Fsp3) is 0.500. The van der Waals surface area contributed by atoms with Gasteiger partial charge in [0.25, 0.3) is 0 Å². The minimum atomic E-state index is -0.909. The molecule has 0 aliphatic carbocycles. The van der Waals surface area contributed by atoms with Crippen LogP contribution >= 0.6 is 0 Å². The van der Waals surface area contributed by atoms with Crippen LogP contribution in [-0.2, 0) is 9.59 Å². The number of nitrogens with zero attached hydrogens (tertiary/aromatic N) is 1. The van der Waals surface area contributed by atoms with E-state index in [1.54, 1.807) is 0 Å². The number of carboxylic acids is 1. The van der Waals surface area contributed by atoms with Gasteiger partial charge in [-0.25, -0.2) is 4.79 Å². The normalized spacial score (nSPS) is 19.3. The van der Waals surface area contributed by atoms with Gasteiger partial charge in [-0.2, -0.15) is 0 Å². The van der Waals surface area contributed by atoms with Crippen molar-refractivity contribution >= 4 is 11.9 Å². The molecule has 2 atom stereocenters. The van der Waals surface area contributed by atoms with E-state index in [1.165, 1.54) is 4.90 Å². The van der Waals surface area contributed by atoms with Crippen LogP contribution in [0.25, 0.3) is 0 Å². The van der Waals surface area contributed by atoms with Crippen molar-refractivity contribution in [1.82, 2.24) is 4.90 Å². The molecule has 1 aliphatic heterocycles. The third-order valence-electron chi connectivity index (χ3n) is 3.81. The van der Waals surface area contributed by atoms with Gasteiger partial charge < -0.3 is 14.7 Å². The number of carbonyl (C=O) groups is 2. The molecule has 1 amide bonds. The van der Waals surface area contributed by atoms with E-state index < -0.39 is 12.0 Å². The molecule has 1 aromatic carbocycles. The topological polar surface area (TPSA) is 66.8 Å². The summed E-state index contributed by atoms with van der Waals surface area (Å²) in [5.74, 6) is -0.444. The molecule has 5 heteroatoms. The van der Waals surface area contributed by atoms with Crippen LogP contribution in [0.15, 0.2) is 30.3 Å². The molecular formula is C16H21NO4. The monoisotopic (exact) mass is 291 g/mol. The predicted octanol–water partition coefficient (Wildman–Crippen LogP) is 2.17. The number of hydrogen-bond donors (Lipinski definition) is 1. The summed E-state index contributed by atoms with van der Waals surface area (Å²) in [7, 11) is 0. The highest BCUT2D eigenvalue weighted by molar-refractivity contribution is 5.85. The molecule has 1 aliphatic rings. The van der Waals surface area contributed by atoms with Crippen LogP contribution in [0.5, 0.6) is 5.75 Å². The van der Waals surface area contributed by atoms with E-state index in [-0.39, 0.29) is 11.8 Å². The number of aliphatic carboxylic acids is 1. The number of likely N-dealkylation sites (tertiary alicyclic amines) is 1. The standard InChI is InChI=1S/C16H21NO4/c1-12(9-11-21-13-6-3-2-4-7-13)15(18)17-10-5-8-14(17)16(19)20/h2-4,6-7,12,14H,5,8-11H2,1H3,(H,19,20)/t12?,14-/m0/s1. The third kappa shape index (κ3) is 3.97. The molecule has 1 heterocycles. The van der Waals surface area contributed by atoms with Gasteiger partial charge in [-0.1, -0.05) is 25.1 Å². The minimum Gasteiger partial charge on any atom is -0.494 e. The van der Waals surface area contributed by atoms with E-state index >= 15 is 0 Å². The van der Waals surface area contributed by atoms with E-state index in [9.17, 15) is 9.59 Å². The first-order chi connectivity index (χ1) is 10.1. The Morgan fingerprint density at radius 3 is 2.76 bits per heavy atom. The summed E-state index contributed by atoms with van der Waals surface area (Å²) in [6, 6.07) is 8.78. The lowest BCUT2D eigenvalue weighted by molar-refractivity contribution is -0.149. The molecule has 1 fully saturated rings. The highest BCUT2D eigenvalue weighted by Gasteiger charge is 2.35. The zero-order valence-electron chi connectivity index (χ0n) is 12.2. The van der Waals surface area contributed by atoms with Crippen molar-refractivity contribution in [3.05, 3.63) is 30.3 Å². The number of hydrogen-bond acceptors (Lipinski definition) is 3. The van der Waals surface area contributed by atoms with E-state index in [1.807, 2.05) is 37.3 Å². The molecule has 5 nitrogen and oxygen atoms in total. The molecule has 0 spiro atoms. The fourth-order valence-electron chi connectivity index (χ4n) is 2.56. The van der Waals surface area contributed by atoms with Gasteiger partial charge in [0, 0.05) is 12.5 Å². The Balaban J connectivity index is 1.81. The minimum absolute atomic E-state index is 0.0865. The highest BCUT2D eigenvalue weighted by Crippen LogP contribution is 2.21. The average molecular weight is 291 g/mol. The van der Waals surface area contributed by atoms with Crippen LogP contribution < -0.4 is 4.74 Å². The number of carboxylic acid groups (broad SMARTS) is 1. The van der Waals surface area contributed by atoms with Crippen molar-refractivity contribution in [2.75, 3.05) is 13.2 Å². The smallest absolute Gasteiger partial charge is 0.326 e. The third-order valence-corrected chi connectivity index (χ3v) is 3.81. The molecule has 0 bridgehead atoms. The lowest BCUT2D eigenvalue weighted by Crippen LogP contribution is -2.43. The van der Waals surface area contributed by atoms with Gasteiger partial charge in [-0.3, -0.25) is 4.79 Å². The SMILES string of the molecule is CC(CCOc1ccccc1)C(=O)N1CCC[C@H]1C(=O)O. The maximum absolute atomic E-state index is 12.3. The van der Waals surface area contributed by atoms with Gasteiger partial charge in [0.2, 0.25) is 5.91 Å². The second kappa shape index (κ2) is 7.11. The maximum Gasteiger partial charge on any atom is 0.326 e. The summed E-state index contributed by atoms with van der Waals surface area (Å²) in [5, 5.41) is 9.12. The summed E-state index contributed by atoms with van der Waals surface area (Å²) in [6.07, 6.45) is 1.89. The lowest BCUT2D eigenvalue weighted by atomic mass is 10.1. The van der Waals surface area contributed by atoms with Crippen LogP contribution in [0, 0.1) is 5.92 Å². The largest absolute Gasteiger partial charge is 0.494 e. The molecule has 2 rings (SSSR count). The number of benzene rings is 1. The van der Waals surface area contributed by atoms with E-state index in [4.69, 9.17) is 9.84 Å². The first kappa shape index (κ1) is 15.4. The second-order valence-electron chi connectivity index (χ2n) is 5.38. The zero-order chi connectivity index (χ0) is 15.2. The van der Waals surface area contributed by atoms with Crippen molar-refractivity contribution in [1.29, 1.82) is 0 Å². The number of para-hydroxylation sites is 1. The van der Waals surface area contributed by atoms with Gasteiger partial charge in [-0.15, -0.1) is 0 Å². The lowest BCUT2D eigenvalue weighted by Gasteiger charge is -2.24. The Morgan fingerprint density at radius 2 is 2.10 bits per heavy atom. The molecule has 0 radical (unpaired) electrons. The summed E-state index contributed by atoms with van der Waals surface area (Å²) in [5.41, 5.74) is 0. The zero-order valence-corrected chi connectivity index (χ0v) is 12.2. The fourth-order valence-corrected chi connectivity index (χ4v) is 2.56. The number of amides is 1. The van der Waals surface area contributed by atoms with Crippen molar-refractivity contribution in [3.63, 3.8) is 0 Å². The summed E-state index contributed by atoms with van der Waals surface area (Å²) in [6.45, 7) is 2.82. The molecular weight excluding hydrogens is 270 g/mol. The predicted molar refractivity (Wildman–Crippen MR) is 78.1 cm³/mol. The molecule has 1 saturated heterocycles. The molecule has 1 unspecified atom stereocenters. The van der Waals surface area contributed by atoms with Gasteiger partial charge >= 0.3 is 5.97 Å². The average Bonchev–Trinajstić information content (AvgIpc) is 2.97. The molecule has 1 N–H and O–H groups in total. The van der Waals surface area contributed by atoms with E-state index in [2.05, 4.69) is 0 Å². The van der Waals surface area contributed by atoms with Gasteiger partial charge in [0.1, 0.15) is 11.8 Å². The molecule has 21 heavy (non-hydrogen) atoms. The van der Waals surface area contributed by atoms with E-state index in [0.29, 0.717) is 26.0 Å². The maximum atomic E-state index is 12.3. The van der Waals surface area contributed by atoms with Crippen LogP contribution in [0.1, 0.15) is 26.2 Å². The van der Waals surface area contributed by atoms with Gasteiger partial charge in [0.05, 0.1) is 6.61 Å². The second-order valence-corrected chi connectivity index (χ2v) is 5.38. The van der Waals surface area contributed by atoms with Crippen LogP contribution in [-0.4, -0.2) is 41.1 Å². The van der Waals surface area contributed by atoms with Crippen molar-refractivity contribution in [3.8, 4) is 5.75 Å². The van der Waals surface area contributed by atoms with Gasteiger partial charge in [0.15, 0.2) is 0 Å². The Bertz CT molecular complexity index is 488. The molecule has 1 aromatic rings. The number of rotatable bonds is 6. The highest BCUT2D eigenvalue weighted by atomic mass is 16.5. The first-order valence-electron chi connectivity index (χ1n) is 7.30. The molecule has 0 saturated carbocycles. The summed E-state index contributed by atoms with van der Waals surface area (Å²) < 4.78 is 5.58. The van der Waals surface area contributed by atoms with Crippen LogP contribution in [0.4, 0.5) is 0 Å². The molecule has 0 aromatic heterocycles. The van der Waals surface area contributed by atoms with Crippen molar-refractivity contribution in [2.45, 2.75) is 32.2 Å². The van der Waals surface area contributed by atoms with Gasteiger partial charge in [-0.05, 0) is 31.4 Å². The summed E-state index contributed by atoms with van der Waals surface area (Å²) >= 11 is 0. The first-order valence-corrected chi connectivity index (χ1v) is 7.30. The van der Waals surface area contributed by atoms with Crippen LogP contribution in [0.3, 0.4) is 0 Å². The quantitative estimate of drug-likeness (QED) is 0.872. The van der Waals surface area contributed by atoms with Crippen LogP contribution in [0.2, 0.25) is 0 Å². The summed E-state index contributed by atoms with van der Waals surface area (Å²) in [4.78, 5) is 24.9. The van der Waals surface area contributed by atoms with Crippen molar-refractivity contribution in [2.24, 2.45) is 5.92 Å². The Kier molecular flexibility index (Phi) is 5.20. The number of carbonyl (C=O) groups excluding carboxylic acids is 1. The van der Waals surface area contributed by atoms with Crippen molar-refractivity contribution < 1.29 is 19.4 Å². The number of ether oxygens (including phenoxy) is 1. The Labute approximate surface area is 124 Å². The Morgan fingerprint density at radius 1 is 1.38 bits per heavy atom. The molecule has 114 valence electrons. The van der Waals surface area contributed by atoms with E-state index in [0.717, 1.165) is 12.2 Å². The Hall–Kier alpha value is -2.04.